The van der Waals surface area contributed by atoms with Crippen LogP contribution in [0.2, 0.25) is 0 Å². The van der Waals surface area contributed by atoms with Crippen LogP contribution in [0, 0.1) is 6.92 Å². The topological polar surface area (TPSA) is 92.9 Å². The Morgan fingerprint density at radius 3 is 1.93 bits per heavy atom. The molecule has 29 heavy (non-hydrogen) atoms. The van der Waals surface area contributed by atoms with Gasteiger partial charge >= 0.3 is 0 Å². The van der Waals surface area contributed by atoms with Crippen LogP contribution < -0.4 is 10.6 Å². The van der Waals surface area contributed by atoms with Gasteiger partial charge in [0.2, 0.25) is 5.91 Å². The molecule has 0 atom stereocenters. The lowest BCUT2D eigenvalue weighted by molar-refractivity contribution is -0.116. The van der Waals surface area contributed by atoms with E-state index in [0.29, 0.717) is 23.2 Å². The van der Waals surface area contributed by atoms with E-state index in [2.05, 4.69) is 26.0 Å². The molecule has 0 bridgehead atoms. The van der Waals surface area contributed by atoms with Crippen LogP contribution >= 0.6 is 0 Å². The number of benzene rings is 2. The van der Waals surface area contributed by atoms with Gasteiger partial charge in [-0.25, -0.2) is 0 Å². The molecule has 0 spiro atoms. The quantitative estimate of drug-likeness (QED) is 0.514. The Kier molecular flexibility index (Phi) is 5.29. The molecule has 2 aromatic carbocycles. The molecule has 0 unspecified atom stereocenters. The summed E-state index contributed by atoms with van der Waals surface area (Å²) in [6, 6.07) is 24.5. The van der Waals surface area contributed by atoms with Crippen molar-refractivity contribution in [2.24, 2.45) is 0 Å². The van der Waals surface area contributed by atoms with Gasteiger partial charge in [0.25, 0.3) is 0 Å². The number of nitrogens with zero attached hydrogens (tertiary/aromatic N) is 3. The van der Waals surface area contributed by atoms with Crippen molar-refractivity contribution in [1.29, 1.82) is 0 Å². The number of carbonyl (C=O) groups excluding carboxylic acids is 1. The van der Waals surface area contributed by atoms with Crippen molar-refractivity contribution >= 4 is 23.4 Å². The lowest BCUT2D eigenvalue weighted by Gasteiger charge is -2.17. The Labute approximate surface area is 167 Å². The Balaban J connectivity index is 1.51. The molecule has 0 aliphatic carbocycles. The first-order valence-corrected chi connectivity index (χ1v) is 9.14. The van der Waals surface area contributed by atoms with Gasteiger partial charge in [-0.3, -0.25) is 4.79 Å². The standard InChI is InChI=1S/C22H19N5O2/c1-15-14-20(27-29-15)23-18-12-13-19(26-25-18)24-22(28)21(16-8-4-2-5-9-16)17-10-6-3-7-11-17/h2-14,21H,1H3,(H,23,25,27)(H,24,26,28). The molecule has 2 aromatic heterocycles. The number of hydrogen-bond donors (Lipinski definition) is 2. The number of hydrogen-bond acceptors (Lipinski definition) is 6. The molecule has 1 amide bonds. The smallest absolute Gasteiger partial charge is 0.237 e. The second-order valence-corrected chi connectivity index (χ2v) is 6.50. The highest BCUT2D eigenvalue weighted by Crippen LogP contribution is 2.26. The lowest BCUT2D eigenvalue weighted by atomic mass is 9.90. The van der Waals surface area contributed by atoms with E-state index >= 15 is 0 Å². The minimum Gasteiger partial charge on any atom is -0.360 e. The third-order valence-corrected chi connectivity index (χ3v) is 4.33. The van der Waals surface area contributed by atoms with E-state index in [9.17, 15) is 4.79 Å². The molecule has 0 saturated heterocycles. The monoisotopic (exact) mass is 385 g/mol. The van der Waals surface area contributed by atoms with Gasteiger partial charge in [0, 0.05) is 6.07 Å². The highest BCUT2D eigenvalue weighted by molar-refractivity contribution is 5.97. The first kappa shape index (κ1) is 18.4. The van der Waals surface area contributed by atoms with E-state index in [1.807, 2.05) is 60.7 Å². The average Bonchev–Trinajstić information content (AvgIpc) is 3.16. The molecule has 0 saturated carbocycles. The number of aromatic nitrogens is 3. The maximum Gasteiger partial charge on any atom is 0.237 e. The number of carbonyl (C=O) groups is 1. The number of aryl methyl sites for hydroxylation is 1. The summed E-state index contributed by atoms with van der Waals surface area (Å²) in [4.78, 5) is 13.1. The zero-order chi connectivity index (χ0) is 20.1. The summed E-state index contributed by atoms with van der Waals surface area (Å²) in [7, 11) is 0. The maximum atomic E-state index is 13.1. The minimum absolute atomic E-state index is 0.176. The summed E-state index contributed by atoms with van der Waals surface area (Å²) in [6.45, 7) is 1.80. The highest BCUT2D eigenvalue weighted by atomic mass is 16.5. The summed E-state index contributed by atoms with van der Waals surface area (Å²) in [5.41, 5.74) is 1.81. The van der Waals surface area contributed by atoms with Crippen LogP contribution in [0.3, 0.4) is 0 Å². The fraction of sp³-hybridized carbons (Fsp3) is 0.0909. The van der Waals surface area contributed by atoms with Crippen molar-refractivity contribution in [3.8, 4) is 0 Å². The van der Waals surface area contributed by atoms with Crippen molar-refractivity contribution in [3.63, 3.8) is 0 Å². The van der Waals surface area contributed by atoms with E-state index in [-0.39, 0.29) is 5.91 Å². The van der Waals surface area contributed by atoms with Gasteiger partial charge < -0.3 is 15.2 Å². The summed E-state index contributed by atoms with van der Waals surface area (Å²) in [6.07, 6.45) is 0. The Hall–Kier alpha value is -4.00. The van der Waals surface area contributed by atoms with Crippen molar-refractivity contribution in [1.82, 2.24) is 15.4 Å². The SMILES string of the molecule is Cc1cc(Nc2ccc(NC(=O)C(c3ccccc3)c3ccccc3)nn2)no1. The molecule has 7 nitrogen and oxygen atoms in total. The molecular weight excluding hydrogens is 366 g/mol. The van der Waals surface area contributed by atoms with Crippen LogP contribution in [0.4, 0.5) is 17.5 Å². The predicted octanol–water partition coefficient (Wildman–Crippen LogP) is 4.29. The second kappa shape index (κ2) is 8.35. The van der Waals surface area contributed by atoms with E-state index in [1.54, 1.807) is 25.1 Å². The molecule has 0 aliphatic rings. The number of anilines is 3. The van der Waals surface area contributed by atoms with Crippen LogP contribution in [-0.2, 0) is 4.79 Å². The number of amides is 1. The van der Waals surface area contributed by atoms with Crippen molar-refractivity contribution in [2.45, 2.75) is 12.8 Å². The van der Waals surface area contributed by atoms with Crippen LogP contribution in [-0.4, -0.2) is 21.3 Å². The largest absolute Gasteiger partial charge is 0.360 e. The molecule has 0 aliphatic heterocycles. The van der Waals surface area contributed by atoms with Gasteiger partial charge in [-0.1, -0.05) is 65.8 Å². The van der Waals surface area contributed by atoms with Crippen molar-refractivity contribution < 1.29 is 9.32 Å². The van der Waals surface area contributed by atoms with Crippen molar-refractivity contribution in [2.75, 3.05) is 10.6 Å². The average molecular weight is 385 g/mol. The molecule has 7 heteroatoms. The molecule has 0 fully saturated rings. The Morgan fingerprint density at radius 2 is 1.41 bits per heavy atom. The van der Waals surface area contributed by atoms with E-state index < -0.39 is 5.92 Å². The van der Waals surface area contributed by atoms with Gasteiger partial charge in [0.05, 0.1) is 5.92 Å². The van der Waals surface area contributed by atoms with Gasteiger partial charge in [-0.15, -0.1) is 10.2 Å². The molecule has 4 rings (SSSR count). The van der Waals surface area contributed by atoms with Crippen LogP contribution in [0.25, 0.3) is 0 Å². The zero-order valence-corrected chi connectivity index (χ0v) is 15.7. The number of nitrogens with one attached hydrogen (secondary N) is 2. The molecule has 2 N–H and O–H groups in total. The normalized spacial score (nSPS) is 10.7. The third kappa shape index (κ3) is 4.47. The summed E-state index contributed by atoms with van der Waals surface area (Å²) < 4.78 is 5.01. The van der Waals surface area contributed by atoms with E-state index in [0.717, 1.165) is 11.1 Å². The van der Waals surface area contributed by atoms with Gasteiger partial charge in [0.1, 0.15) is 5.76 Å². The number of rotatable bonds is 6. The van der Waals surface area contributed by atoms with Gasteiger partial charge in [-0.05, 0) is 30.2 Å². The predicted molar refractivity (Wildman–Crippen MR) is 110 cm³/mol. The summed E-state index contributed by atoms with van der Waals surface area (Å²) in [5.74, 6) is 1.48. The molecular formula is C22H19N5O2. The minimum atomic E-state index is -0.449. The molecule has 0 radical (unpaired) electrons. The van der Waals surface area contributed by atoms with E-state index in [4.69, 9.17) is 4.52 Å². The van der Waals surface area contributed by atoms with Gasteiger partial charge in [-0.2, -0.15) is 0 Å². The Bertz CT molecular complexity index is 1040. The van der Waals surface area contributed by atoms with Crippen molar-refractivity contribution in [3.05, 3.63) is 95.7 Å². The highest BCUT2D eigenvalue weighted by Gasteiger charge is 2.23. The van der Waals surface area contributed by atoms with Crippen LogP contribution in [0.15, 0.2) is 83.4 Å². The fourth-order valence-corrected chi connectivity index (χ4v) is 3.01. The Morgan fingerprint density at radius 1 is 0.828 bits per heavy atom. The van der Waals surface area contributed by atoms with Gasteiger partial charge in [0.15, 0.2) is 17.5 Å². The lowest BCUT2D eigenvalue weighted by Crippen LogP contribution is -2.23. The molecule has 4 aromatic rings. The molecule has 144 valence electrons. The molecule has 2 heterocycles. The van der Waals surface area contributed by atoms with Crippen LogP contribution in [0.5, 0.6) is 0 Å². The maximum absolute atomic E-state index is 13.1. The third-order valence-electron chi connectivity index (χ3n) is 4.33. The fourth-order valence-electron chi connectivity index (χ4n) is 3.01. The zero-order valence-electron chi connectivity index (χ0n) is 15.7. The summed E-state index contributed by atoms with van der Waals surface area (Å²) >= 11 is 0. The first-order valence-electron chi connectivity index (χ1n) is 9.14. The second-order valence-electron chi connectivity index (χ2n) is 6.50. The van der Waals surface area contributed by atoms with Crippen LogP contribution in [0.1, 0.15) is 22.8 Å². The first-order chi connectivity index (χ1) is 14.2. The van der Waals surface area contributed by atoms with E-state index in [1.165, 1.54) is 0 Å². The summed E-state index contributed by atoms with van der Waals surface area (Å²) in [5, 5.41) is 17.9.